The molecule has 9 rings (SSSR count). The van der Waals surface area contributed by atoms with Crippen molar-refractivity contribution in [1.29, 1.82) is 0 Å². The highest BCUT2D eigenvalue weighted by atomic mass is 16.5. The Balaban J connectivity index is 0.990. The van der Waals surface area contributed by atoms with Gasteiger partial charge in [-0.05, 0) is 126 Å². The van der Waals surface area contributed by atoms with Crippen molar-refractivity contribution in [2.24, 2.45) is 17.3 Å². The first kappa shape index (κ1) is 45.7. The average Bonchev–Trinajstić information content (AvgIpc) is 4.16. The number of methoxy groups -OCH3 is 2. The van der Waals surface area contributed by atoms with Crippen molar-refractivity contribution in [2.75, 3.05) is 32.6 Å². The van der Waals surface area contributed by atoms with Crippen molar-refractivity contribution in [3.63, 3.8) is 0 Å². The number of anilines is 1. The van der Waals surface area contributed by atoms with E-state index in [1.54, 1.807) is 9.80 Å². The number of H-pyrrole nitrogens is 1. The molecule has 1 spiro atoms. The number of ether oxygens (including phenoxy) is 2. The molecule has 0 bridgehead atoms. The van der Waals surface area contributed by atoms with Crippen LogP contribution in [0.2, 0.25) is 0 Å². The molecule has 354 valence electrons. The molecule has 67 heavy (non-hydrogen) atoms. The Hall–Kier alpha value is -6.45. The number of nitrogens with zero attached hydrogens (tertiary/aromatic N) is 3. The van der Waals surface area contributed by atoms with Gasteiger partial charge in [-0.3, -0.25) is 19.2 Å². The molecule has 2 saturated heterocycles. The fourth-order valence-corrected chi connectivity index (χ4v) is 11.5. The van der Waals surface area contributed by atoms with Crippen LogP contribution in [0.25, 0.3) is 33.2 Å². The lowest BCUT2D eigenvalue weighted by atomic mass is 9.82. The Morgan fingerprint density at radius 2 is 1.30 bits per heavy atom. The lowest BCUT2D eigenvalue weighted by Crippen LogP contribution is -2.60. The Kier molecular flexibility index (Phi) is 12.5. The van der Waals surface area contributed by atoms with Crippen LogP contribution >= 0.6 is 0 Å². The number of carbonyl (C=O) groups is 5. The van der Waals surface area contributed by atoms with E-state index >= 15 is 0 Å². The highest BCUT2D eigenvalue weighted by molar-refractivity contribution is 6.03. The van der Waals surface area contributed by atoms with Gasteiger partial charge in [-0.2, -0.15) is 0 Å². The molecule has 5 atom stereocenters. The van der Waals surface area contributed by atoms with Crippen LogP contribution < -0.4 is 26.8 Å². The zero-order valence-corrected chi connectivity index (χ0v) is 39.3. The van der Waals surface area contributed by atoms with Crippen molar-refractivity contribution >= 4 is 46.5 Å². The number of benzene rings is 3. The van der Waals surface area contributed by atoms with Gasteiger partial charge < -0.3 is 45.5 Å². The van der Waals surface area contributed by atoms with Gasteiger partial charge in [0.2, 0.25) is 11.8 Å². The Morgan fingerprint density at radius 3 is 1.93 bits per heavy atom. The molecule has 16 heteroatoms. The highest BCUT2D eigenvalue weighted by Gasteiger charge is 2.44. The van der Waals surface area contributed by atoms with Crippen LogP contribution in [0.1, 0.15) is 112 Å². The van der Waals surface area contributed by atoms with Crippen molar-refractivity contribution in [3.05, 3.63) is 81.4 Å². The number of rotatable bonds is 10. The van der Waals surface area contributed by atoms with Crippen LogP contribution in [-0.2, 0) is 31.9 Å². The van der Waals surface area contributed by atoms with Crippen molar-refractivity contribution < 1.29 is 33.4 Å². The van der Waals surface area contributed by atoms with Gasteiger partial charge in [0.05, 0.1) is 42.8 Å². The van der Waals surface area contributed by atoms with E-state index in [0.717, 1.165) is 60.8 Å². The van der Waals surface area contributed by atoms with Crippen LogP contribution in [0.15, 0.2) is 53.3 Å². The predicted octanol–water partition coefficient (Wildman–Crippen LogP) is 6.81. The van der Waals surface area contributed by atoms with Gasteiger partial charge in [0, 0.05) is 18.8 Å². The monoisotopic (exact) mass is 914 g/mol. The SMILES string of the molecule is COC(=O)N[C@H](C(=O)N1CCC[C@H]1c1nc2ccc(-c3ccc(-c4ccc5c(c4)C(=O)NC([C@@H]4CCCN4C(=O)[C@@H](NC(=O)OC)C(C)C)N5)c4c3CC3(CCCC3)C4)cc2c(=O)[nH]1)C(C)C. The first-order chi connectivity index (χ1) is 32.2. The van der Waals surface area contributed by atoms with Crippen LogP contribution in [0.3, 0.4) is 0 Å². The van der Waals surface area contributed by atoms with E-state index in [1.165, 1.54) is 38.2 Å². The number of aromatic amines is 1. The normalized spacial score (nSPS) is 21.5. The molecule has 2 aliphatic carbocycles. The molecule has 4 aromatic rings. The molecule has 5 aliphatic rings. The third-order valence-electron chi connectivity index (χ3n) is 15.0. The van der Waals surface area contributed by atoms with Gasteiger partial charge in [-0.25, -0.2) is 14.6 Å². The molecule has 1 aromatic heterocycles. The second kappa shape index (κ2) is 18.3. The number of nitrogens with one attached hydrogen (secondary N) is 5. The molecule has 4 heterocycles. The summed E-state index contributed by atoms with van der Waals surface area (Å²) in [5.74, 6) is -0.577. The molecule has 1 unspecified atom stereocenters. The molecular weight excluding hydrogens is 853 g/mol. The molecular formula is C51H62N8O8. The lowest BCUT2D eigenvalue weighted by Gasteiger charge is -2.38. The second-order valence-electron chi connectivity index (χ2n) is 19.9. The number of amides is 5. The van der Waals surface area contributed by atoms with E-state index in [2.05, 4.69) is 44.5 Å². The number of carbonyl (C=O) groups excluding carboxylic acids is 5. The summed E-state index contributed by atoms with van der Waals surface area (Å²) in [6.45, 7) is 8.49. The standard InChI is InChI=1S/C51H62N8O8/c1-27(2)41(54-49(64)66-5)47(62)58-21-9-11-39(58)43-52-37-17-13-29(23-33(37)45(60)56-43)31-15-16-32(36-26-51(25-35(31)36)19-7-8-20-51)30-14-18-38-34(24-30)46(61)57-44(53-38)40-12-10-22-59(40)48(63)42(28(3)4)55-50(65)67-6/h13-18,23-24,27-28,39-43,52H,7-12,19-22,25-26H2,1-6H3,(H,54,64)(H,55,65)(H,56,60)(H,53,57,61)/t39-,40-,41-,42-,43?/m0/s1. The lowest BCUT2D eigenvalue weighted by molar-refractivity contribution is -0.136. The molecule has 5 amide bonds. The van der Waals surface area contributed by atoms with Gasteiger partial charge in [0.25, 0.3) is 11.5 Å². The van der Waals surface area contributed by atoms with E-state index in [4.69, 9.17) is 14.5 Å². The second-order valence-corrected chi connectivity index (χ2v) is 19.9. The molecule has 3 fully saturated rings. The molecule has 16 nitrogen and oxygen atoms in total. The smallest absolute Gasteiger partial charge is 0.407 e. The topological polar surface area (TPSA) is 204 Å². The van der Waals surface area contributed by atoms with E-state index < -0.39 is 36.5 Å². The first-order valence-electron chi connectivity index (χ1n) is 23.9. The minimum absolute atomic E-state index is 0.162. The van der Waals surface area contributed by atoms with Crippen LogP contribution in [0, 0.1) is 17.3 Å². The Bertz CT molecular complexity index is 2690. The number of fused-ring (bicyclic) bond motifs is 3. The van der Waals surface area contributed by atoms with Gasteiger partial charge in [0.15, 0.2) is 0 Å². The zero-order valence-electron chi connectivity index (χ0n) is 39.3. The predicted molar refractivity (Wildman–Crippen MR) is 253 cm³/mol. The minimum Gasteiger partial charge on any atom is -0.453 e. The van der Waals surface area contributed by atoms with Crippen LogP contribution in [-0.4, -0.2) is 101 Å². The van der Waals surface area contributed by atoms with Gasteiger partial charge in [-0.1, -0.05) is 64.8 Å². The van der Waals surface area contributed by atoms with Crippen LogP contribution in [0.4, 0.5) is 15.3 Å². The Morgan fingerprint density at radius 1 is 0.716 bits per heavy atom. The van der Waals surface area contributed by atoms with E-state index in [0.29, 0.717) is 53.9 Å². The maximum absolute atomic E-state index is 14.0. The van der Waals surface area contributed by atoms with Crippen LogP contribution in [0.5, 0.6) is 0 Å². The van der Waals surface area contributed by atoms with Crippen molar-refractivity contribution in [2.45, 2.75) is 122 Å². The van der Waals surface area contributed by atoms with Gasteiger partial charge in [0.1, 0.15) is 24.1 Å². The molecule has 1 saturated carbocycles. The molecule has 3 aliphatic heterocycles. The number of aromatic nitrogens is 2. The highest BCUT2D eigenvalue weighted by Crippen LogP contribution is 2.53. The summed E-state index contributed by atoms with van der Waals surface area (Å²) in [4.78, 5) is 91.2. The summed E-state index contributed by atoms with van der Waals surface area (Å²) >= 11 is 0. The largest absolute Gasteiger partial charge is 0.453 e. The van der Waals surface area contributed by atoms with E-state index in [1.807, 2.05) is 58.0 Å². The first-order valence-corrected chi connectivity index (χ1v) is 23.9. The molecule has 0 radical (unpaired) electrons. The third kappa shape index (κ3) is 8.59. The fraction of sp³-hybridized carbons (Fsp3) is 0.510. The third-order valence-corrected chi connectivity index (χ3v) is 15.0. The summed E-state index contributed by atoms with van der Waals surface area (Å²) in [7, 11) is 2.54. The summed E-state index contributed by atoms with van der Waals surface area (Å²) in [6, 6.07) is 13.9. The van der Waals surface area contributed by atoms with Gasteiger partial charge >= 0.3 is 12.2 Å². The van der Waals surface area contributed by atoms with E-state index in [-0.39, 0.29) is 46.6 Å². The minimum atomic E-state index is -0.785. The quantitative estimate of drug-likeness (QED) is 0.112. The number of hydrogen-bond donors (Lipinski definition) is 5. The maximum Gasteiger partial charge on any atom is 0.407 e. The van der Waals surface area contributed by atoms with E-state index in [9.17, 15) is 28.8 Å². The van der Waals surface area contributed by atoms with Crippen molar-refractivity contribution in [3.8, 4) is 22.3 Å². The summed E-state index contributed by atoms with van der Waals surface area (Å²) in [5.41, 5.74) is 8.25. The number of hydrogen-bond acceptors (Lipinski definition) is 10. The number of alkyl carbamates (subject to hydrolysis) is 2. The molecule has 5 N–H and O–H groups in total. The summed E-state index contributed by atoms with van der Waals surface area (Å²) in [6.07, 6.45) is 7.55. The maximum atomic E-state index is 14.0. The Labute approximate surface area is 390 Å². The zero-order chi connectivity index (χ0) is 47.3. The summed E-state index contributed by atoms with van der Waals surface area (Å²) < 4.78 is 9.58. The average molecular weight is 915 g/mol. The number of likely N-dealkylation sites (tertiary alicyclic amines) is 2. The van der Waals surface area contributed by atoms with Crippen molar-refractivity contribution in [1.82, 2.24) is 35.7 Å². The molecule has 3 aromatic carbocycles. The van der Waals surface area contributed by atoms with Gasteiger partial charge in [-0.15, -0.1) is 0 Å². The fourth-order valence-electron chi connectivity index (χ4n) is 11.5. The summed E-state index contributed by atoms with van der Waals surface area (Å²) in [5, 5.41) is 12.5.